The molecule has 24 heavy (non-hydrogen) atoms. The Hall–Kier alpha value is -1.37. The Bertz CT molecular complexity index is 688. The smallest absolute Gasteiger partial charge is 0.314 e. The molecule has 0 fully saturated rings. The number of halogens is 1. The first-order valence-electron chi connectivity index (χ1n) is 8.26. The quantitative estimate of drug-likeness (QED) is 0.770. The molecular formula is C18H22BrN3OS. The van der Waals surface area contributed by atoms with Crippen LogP contribution in [0.2, 0.25) is 0 Å². The summed E-state index contributed by atoms with van der Waals surface area (Å²) in [4.78, 5) is 15.5. The van der Waals surface area contributed by atoms with E-state index >= 15 is 0 Å². The average molecular weight is 408 g/mol. The number of urea groups is 1. The van der Waals surface area contributed by atoms with E-state index < -0.39 is 0 Å². The van der Waals surface area contributed by atoms with Crippen molar-refractivity contribution in [2.45, 2.75) is 19.4 Å². The molecule has 0 aliphatic carbocycles. The predicted molar refractivity (Wildman–Crippen MR) is 103 cm³/mol. The van der Waals surface area contributed by atoms with Crippen LogP contribution in [0.25, 0.3) is 0 Å². The highest BCUT2D eigenvalue weighted by Crippen LogP contribution is 2.22. The second-order valence-corrected chi connectivity index (χ2v) is 8.48. The molecule has 0 radical (unpaired) electrons. The summed E-state index contributed by atoms with van der Waals surface area (Å²) in [7, 11) is 0. The van der Waals surface area contributed by atoms with Crippen LogP contribution in [0, 0.1) is 0 Å². The van der Waals surface area contributed by atoms with Crippen LogP contribution in [0.3, 0.4) is 0 Å². The van der Waals surface area contributed by atoms with E-state index in [9.17, 15) is 4.79 Å². The van der Waals surface area contributed by atoms with Gasteiger partial charge in [-0.1, -0.05) is 24.3 Å². The van der Waals surface area contributed by atoms with Crippen molar-refractivity contribution in [2.75, 3.05) is 26.2 Å². The summed E-state index contributed by atoms with van der Waals surface area (Å²) in [6.45, 7) is 4.27. The molecule has 6 heteroatoms. The van der Waals surface area contributed by atoms with Gasteiger partial charge in [-0.15, -0.1) is 11.3 Å². The Balaban J connectivity index is 1.31. The molecule has 0 spiro atoms. The largest absolute Gasteiger partial charge is 0.338 e. The SMILES string of the molecule is O=C(NCCc1ccc(Br)s1)NCCN1CCc2ccccc2C1. The standard InChI is InChI=1S/C18H22BrN3OS/c19-17-6-5-16(24-17)7-9-20-18(23)21-10-12-22-11-8-14-3-1-2-4-15(14)13-22/h1-6H,7-13H2,(H2,20,21,23). The molecule has 4 nitrogen and oxygen atoms in total. The summed E-state index contributed by atoms with van der Waals surface area (Å²) in [6, 6.07) is 12.7. The first kappa shape index (κ1) is 17.5. The molecule has 2 amide bonds. The monoisotopic (exact) mass is 407 g/mol. The van der Waals surface area contributed by atoms with E-state index in [1.54, 1.807) is 11.3 Å². The van der Waals surface area contributed by atoms with Gasteiger partial charge in [-0.3, -0.25) is 4.90 Å². The number of hydrogen-bond donors (Lipinski definition) is 2. The van der Waals surface area contributed by atoms with Crippen molar-refractivity contribution in [2.24, 2.45) is 0 Å². The number of thiophene rings is 1. The summed E-state index contributed by atoms with van der Waals surface area (Å²) in [5.41, 5.74) is 2.87. The minimum atomic E-state index is -0.0805. The number of carbonyl (C=O) groups is 1. The zero-order chi connectivity index (χ0) is 16.8. The van der Waals surface area contributed by atoms with E-state index in [-0.39, 0.29) is 6.03 Å². The molecule has 0 atom stereocenters. The van der Waals surface area contributed by atoms with Gasteiger partial charge in [-0.2, -0.15) is 0 Å². The molecular weight excluding hydrogens is 386 g/mol. The molecule has 2 N–H and O–H groups in total. The average Bonchev–Trinajstić information content (AvgIpc) is 3.00. The fraction of sp³-hybridized carbons (Fsp3) is 0.389. The Morgan fingerprint density at radius 3 is 2.71 bits per heavy atom. The van der Waals surface area contributed by atoms with Crippen molar-refractivity contribution in [1.29, 1.82) is 0 Å². The summed E-state index contributed by atoms with van der Waals surface area (Å²) in [5, 5.41) is 5.86. The number of fused-ring (bicyclic) bond motifs is 1. The van der Waals surface area contributed by atoms with E-state index in [0.29, 0.717) is 13.1 Å². The van der Waals surface area contributed by atoms with Crippen LogP contribution in [0.5, 0.6) is 0 Å². The summed E-state index contributed by atoms with van der Waals surface area (Å²) >= 11 is 5.16. The first-order chi connectivity index (χ1) is 11.7. The third-order valence-corrected chi connectivity index (χ3v) is 5.89. The third-order valence-electron chi connectivity index (χ3n) is 4.21. The van der Waals surface area contributed by atoms with Crippen molar-refractivity contribution < 1.29 is 4.79 Å². The molecule has 1 aliphatic heterocycles. The van der Waals surface area contributed by atoms with Gasteiger partial charge in [0.25, 0.3) is 0 Å². The summed E-state index contributed by atoms with van der Waals surface area (Å²) in [5.74, 6) is 0. The van der Waals surface area contributed by atoms with Crippen molar-refractivity contribution in [3.63, 3.8) is 0 Å². The molecule has 1 aliphatic rings. The molecule has 2 aromatic rings. The van der Waals surface area contributed by atoms with Gasteiger partial charge in [0, 0.05) is 37.6 Å². The number of amides is 2. The lowest BCUT2D eigenvalue weighted by atomic mass is 10.00. The molecule has 0 unspecified atom stereocenters. The lowest BCUT2D eigenvalue weighted by Crippen LogP contribution is -2.42. The third kappa shape index (κ3) is 5.06. The summed E-state index contributed by atoms with van der Waals surface area (Å²) < 4.78 is 1.13. The molecule has 1 aromatic carbocycles. The normalized spacial score (nSPS) is 14.2. The number of hydrogen-bond acceptors (Lipinski definition) is 3. The molecule has 0 saturated carbocycles. The lowest BCUT2D eigenvalue weighted by Gasteiger charge is -2.28. The molecule has 2 heterocycles. The highest BCUT2D eigenvalue weighted by Gasteiger charge is 2.15. The topological polar surface area (TPSA) is 44.4 Å². The van der Waals surface area contributed by atoms with Crippen molar-refractivity contribution in [3.8, 4) is 0 Å². The van der Waals surface area contributed by atoms with Gasteiger partial charge in [0.15, 0.2) is 0 Å². The Morgan fingerprint density at radius 1 is 1.12 bits per heavy atom. The van der Waals surface area contributed by atoms with E-state index in [1.165, 1.54) is 16.0 Å². The van der Waals surface area contributed by atoms with Crippen LogP contribution >= 0.6 is 27.3 Å². The maximum atomic E-state index is 11.8. The van der Waals surface area contributed by atoms with Gasteiger partial charge < -0.3 is 10.6 Å². The molecule has 3 rings (SSSR count). The Labute approximate surface area is 155 Å². The molecule has 1 aromatic heterocycles. The molecule has 0 bridgehead atoms. The number of benzene rings is 1. The van der Waals surface area contributed by atoms with Crippen LogP contribution in [-0.4, -0.2) is 37.1 Å². The molecule has 128 valence electrons. The van der Waals surface area contributed by atoms with E-state index in [4.69, 9.17) is 0 Å². The van der Waals surface area contributed by atoms with Gasteiger partial charge in [-0.25, -0.2) is 4.79 Å². The summed E-state index contributed by atoms with van der Waals surface area (Å²) in [6.07, 6.45) is 1.96. The highest BCUT2D eigenvalue weighted by atomic mass is 79.9. The maximum Gasteiger partial charge on any atom is 0.314 e. The second-order valence-electron chi connectivity index (χ2n) is 5.93. The fourth-order valence-corrected chi connectivity index (χ4v) is 4.40. The van der Waals surface area contributed by atoms with Crippen molar-refractivity contribution in [3.05, 3.63) is 56.2 Å². The van der Waals surface area contributed by atoms with Crippen LogP contribution in [-0.2, 0) is 19.4 Å². The predicted octanol–water partition coefficient (Wildman–Crippen LogP) is 3.41. The lowest BCUT2D eigenvalue weighted by molar-refractivity contribution is 0.231. The van der Waals surface area contributed by atoms with E-state index in [0.717, 1.165) is 36.3 Å². The van der Waals surface area contributed by atoms with Crippen molar-refractivity contribution in [1.82, 2.24) is 15.5 Å². The molecule has 0 saturated heterocycles. The van der Waals surface area contributed by atoms with Crippen LogP contribution in [0.4, 0.5) is 4.79 Å². The van der Waals surface area contributed by atoms with Gasteiger partial charge in [0.2, 0.25) is 0 Å². The van der Waals surface area contributed by atoms with Crippen LogP contribution in [0.1, 0.15) is 16.0 Å². The van der Waals surface area contributed by atoms with Gasteiger partial charge in [0.1, 0.15) is 0 Å². The maximum absolute atomic E-state index is 11.8. The number of carbonyl (C=O) groups excluding carboxylic acids is 1. The number of nitrogens with one attached hydrogen (secondary N) is 2. The number of rotatable bonds is 6. The fourth-order valence-electron chi connectivity index (χ4n) is 2.92. The van der Waals surface area contributed by atoms with Crippen LogP contribution < -0.4 is 10.6 Å². The van der Waals surface area contributed by atoms with Crippen molar-refractivity contribution >= 4 is 33.3 Å². The minimum Gasteiger partial charge on any atom is -0.338 e. The minimum absolute atomic E-state index is 0.0805. The number of nitrogens with zero attached hydrogens (tertiary/aromatic N) is 1. The van der Waals surface area contributed by atoms with E-state index in [1.807, 2.05) is 6.07 Å². The van der Waals surface area contributed by atoms with Gasteiger partial charge >= 0.3 is 6.03 Å². The zero-order valence-corrected chi connectivity index (χ0v) is 16.0. The van der Waals surface area contributed by atoms with E-state index in [2.05, 4.69) is 61.8 Å². The van der Waals surface area contributed by atoms with Gasteiger partial charge in [0.05, 0.1) is 3.79 Å². The highest BCUT2D eigenvalue weighted by molar-refractivity contribution is 9.11. The second kappa shape index (κ2) is 8.65. The zero-order valence-electron chi connectivity index (χ0n) is 13.6. The Morgan fingerprint density at radius 2 is 1.92 bits per heavy atom. The van der Waals surface area contributed by atoms with Crippen LogP contribution in [0.15, 0.2) is 40.2 Å². The first-order valence-corrected chi connectivity index (χ1v) is 9.87. The van der Waals surface area contributed by atoms with Gasteiger partial charge in [-0.05, 0) is 52.0 Å². The Kier molecular flexibility index (Phi) is 6.29.